The Kier molecular flexibility index (Phi) is 6.39. The molecular weight excluding hydrogens is 404 g/mol. The van der Waals surface area contributed by atoms with Crippen LogP contribution in [-0.2, 0) is 9.47 Å². The minimum absolute atomic E-state index is 0.0577. The van der Waals surface area contributed by atoms with Gasteiger partial charge in [0, 0.05) is 55.9 Å². The van der Waals surface area contributed by atoms with E-state index in [2.05, 4.69) is 21.0 Å². The van der Waals surface area contributed by atoms with Gasteiger partial charge in [-0.25, -0.2) is 13.8 Å². The SMILES string of the molecule is COCCOc1ccc(F)c(C(OC)c2c[nH]c3ncc(C4=CCCN=C4)cc23)c1F. The van der Waals surface area contributed by atoms with Gasteiger partial charge in [-0.2, -0.15) is 0 Å². The molecule has 162 valence electrons. The third-order valence-corrected chi connectivity index (χ3v) is 5.17. The van der Waals surface area contributed by atoms with Gasteiger partial charge in [0.25, 0.3) is 0 Å². The molecule has 1 N–H and O–H groups in total. The number of pyridine rings is 1. The molecule has 4 rings (SSSR count). The molecule has 0 radical (unpaired) electrons. The summed E-state index contributed by atoms with van der Waals surface area (Å²) in [6.07, 6.45) is 7.18. The number of aliphatic imine (C=N–C) groups is 1. The van der Waals surface area contributed by atoms with Crippen molar-refractivity contribution in [1.82, 2.24) is 9.97 Å². The molecule has 1 aromatic carbocycles. The summed E-state index contributed by atoms with van der Waals surface area (Å²) in [4.78, 5) is 11.8. The zero-order valence-electron chi connectivity index (χ0n) is 17.3. The number of rotatable bonds is 8. The van der Waals surface area contributed by atoms with E-state index < -0.39 is 17.7 Å². The van der Waals surface area contributed by atoms with Crippen molar-refractivity contribution in [3.63, 3.8) is 0 Å². The van der Waals surface area contributed by atoms with Gasteiger partial charge < -0.3 is 19.2 Å². The molecule has 3 aromatic rings. The van der Waals surface area contributed by atoms with Gasteiger partial charge in [-0.3, -0.25) is 4.99 Å². The molecule has 2 aromatic heterocycles. The van der Waals surface area contributed by atoms with Crippen LogP contribution >= 0.6 is 0 Å². The molecule has 1 unspecified atom stereocenters. The van der Waals surface area contributed by atoms with Crippen LogP contribution in [0.15, 0.2) is 41.7 Å². The Balaban J connectivity index is 1.76. The number of nitrogens with zero attached hydrogens (tertiary/aromatic N) is 2. The summed E-state index contributed by atoms with van der Waals surface area (Å²) in [6, 6.07) is 4.37. The molecule has 3 heterocycles. The molecule has 0 aliphatic carbocycles. The highest BCUT2D eigenvalue weighted by Crippen LogP contribution is 2.37. The van der Waals surface area contributed by atoms with E-state index in [0.717, 1.165) is 24.1 Å². The van der Waals surface area contributed by atoms with Crippen molar-refractivity contribution in [3.8, 4) is 5.75 Å². The number of H-pyrrole nitrogens is 1. The molecule has 31 heavy (non-hydrogen) atoms. The first-order chi connectivity index (χ1) is 15.1. The Morgan fingerprint density at radius 2 is 2.06 bits per heavy atom. The number of benzene rings is 1. The largest absolute Gasteiger partial charge is 0.488 e. The van der Waals surface area contributed by atoms with Crippen molar-refractivity contribution in [2.45, 2.75) is 12.5 Å². The highest BCUT2D eigenvalue weighted by molar-refractivity contribution is 6.11. The second-order valence-corrected chi connectivity index (χ2v) is 7.08. The van der Waals surface area contributed by atoms with Crippen LogP contribution in [0.3, 0.4) is 0 Å². The maximum Gasteiger partial charge on any atom is 0.174 e. The minimum Gasteiger partial charge on any atom is -0.488 e. The van der Waals surface area contributed by atoms with Crippen LogP contribution < -0.4 is 4.74 Å². The van der Waals surface area contributed by atoms with Gasteiger partial charge in [0.2, 0.25) is 0 Å². The molecule has 0 spiro atoms. The number of nitrogens with one attached hydrogen (secondary N) is 1. The number of allylic oxidation sites excluding steroid dienone is 1. The van der Waals surface area contributed by atoms with Crippen LogP contribution in [0.2, 0.25) is 0 Å². The second-order valence-electron chi connectivity index (χ2n) is 7.08. The fraction of sp³-hybridized carbons (Fsp3) is 0.304. The second kappa shape index (κ2) is 9.36. The maximum atomic E-state index is 15.2. The molecule has 1 aliphatic heterocycles. The zero-order valence-corrected chi connectivity index (χ0v) is 17.3. The fourth-order valence-corrected chi connectivity index (χ4v) is 3.64. The monoisotopic (exact) mass is 427 g/mol. The van der Waals surface area contributed by atoms with Gasteiger partial charge in [0.15, 0.2) is 11.6 Å². The first-order valence-corrected chi connectivity index (χ1v) is 9.93. The van der Waals surface area contributed by atoms with E-state index in [4.69, 9.17) is 14.2 Å². The Bertz CT molecular complexity index is 1140. The van der Waals surface area contributed by atoms with E-state index in [1.807, 2.05) is 12.3 Å². The van der Waals surface area contributed by atoms with Crippen molar-refractivity contribution < 1.29 is 23.0 Å². The van der Waals surface area contributed by atoms with E-state index in [1.54, 1.807) is 12.4 Å². The standard InChI is InChI=1S/C23H23F2N3O3/c1-29-8-9-31-19-6-5-18(24)20(21(19)25)22(30-2)17-13-28-23-16(17)10-15(12-27-23)14-4-3-7-26-11-14/h4-6,10-13,22H,3,7-9H2,1-2H3,(H,27,28). The lowest BCUT2D eigenvalue weighted by Gasteiger charge is -2.19. The summed E-state index contributed by atoms with van der Waals surface area (Å²) in [5.74, 6) is -1.58. The smallest absolute Gasteiger partial charge is 0.174 e. The topological polar surface area (TPSA) is 68.7 Å². The molecule has 8 heteroatoms. The molecule has 1 aliphatic rings. The summed E-state index contributed by atoms with van der Waals surface area (Å²) < 4.78 is 45.9. The van der Waals surface area contributed by atoms with Crippen molar-refractivity contribution in [1.29, 1.82) is 0 Å². The molecule has 0 bridgehead atoms. The van der Waals surface area contributed by atoms with Gasteiger partial charge in [-0.05, 0) is 30.2 Å². The van der Waals surface area contributed by atoms with Crippen LogP contribution in [0.4, 0.5) is 8.78 Å². The van der Waals surface area contributed by atoms with Crippen LogP contribution in [0, 0.1) is 11.6 Å². The Morgan fingerprint density at radius 3 is 2.81 bits per heavy atom. The quantitative estimate of drug-likeness (QED) is 0.539. The number of methoxy groups -OCH3 is 2. The highest BCUT2D eigenvalue weighted by Gasteiger charge is 2.27. The molecule has 0 saturated carbocycles. The van der Waals surface area contributed by atoms with E-state index in [-0.39, 0.29) is 24.5 Å². The molecule has 0 amide bonds. The van der Waals surface area contributed by atoms with E-state index in [0.29, 0.717) is 16.6 Å². The van der Waals surface area contributed by atoms with Gasteiger partial charge in [0.05, 0.1) is 12.2 Å². The lowest BCUT2D eigenvalue weighted by Crippen LogP contribution is -2.12. The van der Waals surface area contributed by atoms with Gasteiger partial charge in [0.1, 0.15) is 24.2 Å². The molecule has 6 nitrogen and oxygen atoms in total. The molecular formula is C23H23F2N3O3. The number of aromatic amines is 1. The summed E-state index contributed by atoms with van der Waals surface area (Å²) >= 11 is 0. The predicted molar refractivity (Wildman–Crippen MR) is 115 cm³/mol. The average Bonchev–Trinajstić information content (AvgIpc) is 3.22. The Morgan fingerprint density at radius 1 is 1.19 bits per heavy atom. The van der Waals surface area contributed by atoms with E-state index in [9.17, 15) is 4.39 Å². The number of hydrogen-bond acceptors (Lipinski definition) is 5. The van der Waals surface area contributed by atoms with Gasteiger partial charge in [-0.1, -0.05) is 6.08 Å². The third-order valence-electron chi connectivity index (χ3n) is 5.17. The first kappa shape index (κ1) is 21.1. The number of aromatic nitrogens is 2. The number of dihydropyridines is 1. The summed E-state index contributed by atoms with van der Waals surface area (Å²) in [5, 5.41) is 0.716. The third kappa shape index (κ3) is 4.22. The van der Waals surface area contributed by atoms with Crippen LogP contribution in [0.5, 0.6) is 5.75 Å². The highest BCUT2D eigenvalue weighted by atomic mass is 19.1. The molecule has 1 atom stereocenters. The number of fused-ring (bicyclic) bond motifs is 1. The van der Waals surface area contributed by atoms with Crippen LogP contribution in [-0.4, -0.2) is 50.2 Å². The normalized spacial score (nSPS) is 14.6. The maximum absolute atomic E-state index is 15.2. The Hall–Kier alpha value is -3.10. The van der Waals surface area contributed by atoms with Crippen molar-refractivity contribution in [3.05, 3.63) is 65.0 Å². The van der Waals surface area contributed by atoms with Gasteiger partial charge in [-0.15, -0.1) is 0 Å². The zero-order chi connectivity index (χ0) is 21.8. The fourth-order valence-electron chi connectivity index (χ4n) is 3.64. The van der Waals surface area contributed by atoms with Crippen molar-refractivity contribution >= 4 is 22.8 Å². The predicted octanol–water partition coefficient (Wildman–Crippen LogP) is 4.46. The van der Waals surface area contributed by atoms with Crippen molar-refractivity contribution in [2.75, 3.05) is 34.0 Å². The molecule has 0 saturated heterocycles. The lowest BCUT2D eigenvalue weighted by atomic mass is 9.98. The summed E-state index contributed by atoms with van der Waals surface area (Å²) in [6.45, 7) is 1.20. The number of ether oxygens (including phenoxy) is 3. The summed E-state index contributed by atoms with van der Waals surface area (Å²) in [7, 11) is 2.93. The lowest BCUT2D eigenvalue weighted by molar-refractivity contribution is 0.126. The average molecular weight is 427 g/mol. The number of halogens is 2. The first-order valence-electron chi connectivity index (χ1n) is 9.93. The Labute approximate surface area is 178 Å². The molecule has 0 fully saturated rings. The summed E-state index contributed by atoms with van der Waals surface area (Å²) in [5.41, 5.74) is 2.80. The van der Waals surface area contributed by atoms with Gasteiger partial charge >= 0.3 is 0 Å². The van der Waals surface area contributed by atoms with E-state index in [1.165, 1.54) is 26.4 Å². The van der Waals surface area contributed by atoms with E-state index >= 15 is 4.39 Å². The number of hydrogen-bond donors (Lipinski definition) is 1. The minimum atomic E-state index is -0.995. The van der Waals surface area contributed by atoms with Crippen molar-refractivity contribution in [2.24, 2.45) is 4.99 Å². The van der Waals surface area contributed by atoms with Crippen LogP contribution in [0.25, 0.3) is 16.6 Å². The van der Waals surface area contributed by atoms with Crippen LogP contribution in [0.1, 0.15) is 29.2 Å².